The second kappa shape index (κ2) is 7.59. The van der Waals surface area contributed by atoms with Gasteiger partial charge in [0.05, 0.1) is 10.6 Å². The minimum atomic E-state index is -0.497. The molecule has 2 aromatic carbocycles. The Balaban J connectivity index is 2.00. The first-order chi connectivity index (χ1) is 11.4. The summed E-state index contributed by atoms with van der Waals surface area (Å²) in [5, 5.41) is 13.5. The van der Waals surface area contributed by atoms with E-state index in [4.69, 9.17) is 4.74 Å². The molecule has 0 aliphatic rings. The molecule has 2 aromatic rings. The Kier molecular flexibility index (Phi) is 5.52. The SMILES string of the molecule is Cc1ccc([N+](=O)[O-])cc1NC(=O)COc1cccc(C(C)C)c1. The molecule has 0 fully saturated rings. The first-order valence-corrected chi connectivity index (χ1v) is 7.64. The van der Waals surface area contributed by atoms with Gasteiger partial charge in [0.25, 0.3) is 11.6 Å². The van der Waals surface area contributed by atoms with Crippen molar-refractivity contribution in [2.24, 2.45) is 0 Å². The molecule has 0 saturated carbocycles. The van der Waals surface area contributed by atoms with E-state index in [1.54, 1.807) is 19.1 Å². The van der Waals surface area contributed by atoms with Gasteiger partial charge in [-0.1, -0.05) is 32.0 Å². The van der Waals surface area contributed by atoms with Crippen LogP contribution in [0.25, 0.3) is 0 Å². The number of hydrogen-bond donors (Lipinski definition) is 1. The number of carbonyl (C=O) groups is 1. The average Bonchev–Trinajstić information content (AvgIpc) is 2.55. The first-order valence-electron chi connectivity index (χ1n) is 7.64. The summed E-state index contributed by atoms with van der Waals surface area (Å²) in [6.45, 7) is 5.77. The highest BCUT2D eigenvalue weighted by Gasteiger charge is 2.11. The van der Waals surface area contributed by atoms with Crippen LogP contribution in [0.2, 0.25) is 0 Å². The zero-order valence-electron chi connectivity index (χ0n) is 13.9. The van der Waals surface area contributed by atoms with E-state index in [1.807, 2.05) is 18.2 Å². The number of nitrogens with zero attached hydrogens (tertiary/aromatic N) is 1. The maximum absolute atomic E-state index is 12.0. The van der Waals surface area contributed by atoms with Crippen molar-refractivity contribution in [2.75, 3.05) is 11.9 Å². The van der Waals surface area contributed by atoms with Gasteiger partial charge in [-0.2, -0.15) is 0 Å². The van der Waals surface area contributed by atoms with Crippen LogP contribution in [-0.2, 0) is 4.79 Å². The van der Waals surface area contributed by atoms with Gasteiger partial charge in [0.1, 0.15) is 5.75 Å². The zero-order valence-corrected chi connectivity index (χ0v) is 13.9. The third kappa shape index (κ3) is 4.55. The number of amides is 1. The van der Waals surface area contributed by atoms with Crippen molar-refractivity contribution < 1.29 is 14.5 Å². The van der Waals surface area contributed by atoms with E-state index in [2.05, 4.69) is 19.2 Å². The number of ether oxygens (including phenoxy) is 1. The van der Waals surface area contributed by atoms with Crippen LogP contribution in [-0.4, -0.2) is 17.4 Å². The topological polar surface area (TPSA) is 81.5 Å². The van der Waals surface area contributed by atoms with Crippen molar-refractivity contribution in [3.8, 4) is 5.75 Å². The first kappa shape index (κ1) is 17.5. The summed E-state index contributed by atoms with van der Waals surface area (Å²) in [6, 6.07) is 11.9. The van der Waals surface area contributed by atoms with Crippen LogP contribution in [0.3, 0.4) is 0 Å². The number of carbonyl (C=O) groups excluding carboxylic acids is 1. The molecule has 24 heavy (non-hydrogen) atoms. The fraction of sp³-hybridized carbons (Fsp3) is 0.278. The number of nitrogens with one attached hydrogen (secondary N) is 1. The lowest BCUT2D eigenvalue weighted by Crippen LogP contribution is -2.20. The molecule has 0 saturated heterocycles. The molecule has 6 nitrogen and oxygen atoms in total. The molecular weight excluding hydrogens is 308 g/mol. The molecule has 1 N–H and O–H groups in total. The predicted octanol–water partition coefficient (Wildman–Crippen LogP) is 4.04. The minimum Gasteiger partial charge on any atom is -0.484 e. The van der Waals surface area contributed by atoms with Crippen LogP contribution in [0.5, 0.6) is 5.75 Å². The minimum absolute atomic E-state index is 0.0681. The van der Waals surface area contributed by atoms with Gasteiger partial charge in [0.2, 0.25) is 0 Å². The highest BCUT2D eigenvalue weighted by Crippen LogP contribution is 2.22. The second-order valence-electron chi connectivity index (χ2n) is 5.82. The van der Waals surface area contributed by atoms with E-state index < -0.39 is 4.92 Å². The summed E-state index contributed by atoms with van der Waals surface area (Å²) in [7, 11) is 0. The largest absolute Gasteiger partial charge is 0.484 e. The smallest absolute Gasteiger partial charge is 0.271 e. The number of anilines is 1. The van der Waals surface area contributed by atoms with E-state index >= 15 is 0 Å². The predicted molar refractivity (Wildman–Crippen MR) is 92.5 cm³/mol. The fourth-order valence-corrected chi connectivity index (χ4v) is 2.16. The average molecular weight is 328 g/mol. The number of non-ortho nitro benzene ring substituents is 1. The quantitative estimate of drug-likeness (QED) is 0.641. The molecule has 2 rings (SSSR count). The lowest BCUT2D eigenvalue weighted by molar-refractivity contribution is -0.384. The Labute approximate surface area is 140 Å². The fourth-order valence-electron chi connectivity index (χ4n) is 2.16. The van der Waals surface area contributed by atoms with Crippen molar-refractivity contribution in [1.82, 2.24) is 0 Å². The van der Waals surface area contributed by atoms with E-state index in [9.17, 15) is 14.9 Å². The number of nitro groups is 1. The van der Waals surface area contributed by atoms with Crippen molar-refractivity contribution in [3.05, 3.63) is 63.7 Å². The third-order valence-electron chi connectivity index (χ3n) is 3.60. The van der Waals surface area contributed by atoms with E-state index in [-0.39, 0.29) is 18.2 Å². The van der Waals surface area contributed by atoms with Crippen molar-refractivity contribution in [2.45, 2.75) is 26.7 Å². The number of benzene rings is 2. The molecular formula is C18H20N2O4. The maximum atomic E-state index is 12.0. The molecule has 0 aliphatic heterocycles. The Morgan fingerprint density at radius 2 is 2.00 bits per heavy atom. The lowest BCUT2D eigenvalue weighted by atomic mass is 10.0. The lowest BCUT2D eigenvalue weighted by Gasteiger charge is -2.11. The van der Waals surface area contributed by atoms with Gasteiger partial charge >= 0.3 is 0 Å². The summed E-state index contributed by atoms with van der Waals surface area (Å²) in [4.78, 5) is 22.4. The molecule has 0 bridgehead atoms. The molecule has 0 radical (unpaired) electrons. The Morgan fingerprint density at radius 3 is 2.67 bits per heavy atom. The van der Waals surface area contributed by atoms with E-state index in [0.717, 1.165) is 11.1 Å². The second-order valence-corrected chi connectivity index (χ2v) is 5.82. The van der Waals surface area contributed by atoms with Gasteiger partial charge in [0, 0.05) is 12.1 Å². The Hall–Kier alpha value is -2.89. The summed E-state index contributed by atoms with van der Waals surface area (Å²) >= 11 is 0. The Morgan fingerprint density at radius 1 is 1.25 bits per heavy atom. The number of rotatable bonds is 6. The van der Waals surface area contributed by atoms with Crippen LogP contribution in [0.15, 0.2) is 42.5 Å². The molecule has 0 aromatic heterocycles. The number of hydrogen-bond acceptors (Lipinski definition) is 4. The summed E-state index contributed by atoms with van der Waals surface area (Å²) in [5.41, 5.74) is 2.22. The molecule has 126 valence electrons. The highest BCUT2D eigenvalue weighted by molar-refractivity contribution is 5.93. The number of aryl methyl sites for hydroxylation is 1. The third-order valence-corrected chi connectivity index (χ3v) is 3.60. The van der Waals surface area contributed by atoms with Gasteiger partial charge in [-0.25, -0.2) is 0 Å². The van der Waals surface area contributed by atoms with Gasteiger partial charge < -0.3 is 10.1 Å². The normalized spacial score (nSPS) is 10.5. The van der Waals surface area contributed by atoms with Crippen LogP contribution in [0.1, 0.15) is 30.9 Å². The van der Waals surface area contributed by atoms with Gasteiger partial charge in [-0.05, 0) is 36.1 Å². The maximum Gasteiger partial charge on any atom is 0.271 e. The number of nitro benzene ring substituents is 1. The van der Waals surface area contributed by atoms with E-state index in [1.165, 1.54) is 12.1 Å². The molecule has 6 heteroatoms. The van der Waals surface area contributed by atoms with Gasteiger partial charge in [-0.3, -0.25) is 14.9 Å². The molecule has 0 atom stereocenters. The van der Waals surface area contributed by atoms with Crippen LogP contribution in [0, 0.1) is 17.0 Å². The van der Waals surface area contributed by atoms with Crippen molar-refractivity contribution in [3.63, 3.8) is 0 Å². The molecule has 0 spiro atoms. The van der Waals surface area contributed by atoms with Crippen molar-refractivity contribution in [1.29, 1.82) is 0 Å². The summed E-state index contributed by atoms with van der Waals surface area (Å²) in [6.07, 6.45) is 0. The zero-order chi connectivity index (χ0) is 17.7. The highest BCUT2D eigenvalue weighted by atomic mass is 16.6. The monoisotopic (exact) mass is 328 g/mol. The summed E-state index contributed by atoms with van der Waals surface area (Å²) < 4.78 is 5.50. The Bertz CT molecular complexity index is 756. The van der Waals surface area contributed by atoms with Gasteiger partial charge in [0.15, 0.2) is 6.61 Å². The van der Waals surface area contributed by atoms with Crippen LogP contribution < -0.4 is 10.1 Å². The summed E-state index contributed by atoms with van der Waals surface area (Å²) in [5.74, 6) is 0.621. The van der Waals surface area contributed by atoms with Gasteiger partial charge in [-0.15, -0.1) is 0 Å². The van der Waals surface area contributed by atoms with Crippen LogP contribution in [0.4, 0.5) is 11.4 Å². The molecule has 0 aliphatic carbocycles. The molecule has 0 unspecified atom stereocenters. The van der Waals surface area contributed by atoms with Crippen LogP contribution >= 0.6 is 0 Å². The standard InChI is InChI=1S/C18H20N2O4/c1-12(2)14-5-4-6-16(9-14)24-11-18(21)19-17-10-15(20(22)23)8-7-13(17)3/h4-10,12H,11H2,1-3H3,(H,19,21). The molecule has 0 heterocycles. The van der Waals surface area contributed by atoms with Crippen molar-refractivity contribution >= 4 is 17.3 Å². The molecule has 1 amide bonds. The van der Waals surface area contributed by atoms with E-state index in [0.29, 0.717) is 17.4 Å².